The predicted octanol–water partition coefficient (Wildman–Crippen LogP) is 2.36. The van der Waals surface area contributed by atoms with Crippen LogP contribution in [0.1, 0.15) is 33.6 Å². The average molecular weight is 215 g/mol. The molecule has 3 nitrogen and oxygen atoms in total. The standard InChI is InChI=1S/C11H18FNO2/c1-10(2,3)15-9(14)13-6-11(7-13)4-8(12)5-11/h8H,4-7H2,1-3H3. The summed E-state index contributed by atoms with van der Waals surface area (Å²) < 4.78 is 17.9. The molecule has 0 aromatic rings. The summed E-state index contributed by atoms with van der Waals surface area (Å²) >= 11 is 0. The highest BCUT2D eigenvalue weighted by Crippen LogP contribution is 2.49. The molecule has 15 heavy (non-hydrogen) atoms. The molecule has 2 aliphatic rings. The van der Waals surface area contributed by atoms with E-state index in [9.17, 15) is 9.18 Å². The molecular formula is C11H18FNO2. The van der Waals surface area contributed by atoms with Gasteiger partial charge in [0.15, 0.2) is 0 Å². The quantitative estimate of drug-likeness (QED) is 0.620. The Morgan fingerprint density at radius 1 is 1.40 bits per heavy atom. The first kappa shape index (κ1) is 10.7. The van der Waals surface area contributed by atoms with Crippen molar-refractivity contribution in [3.63, 3.8) is 0 Å². The second-order valence-electron chi connectivity index (χ2n) is 5.84. The summed E-state index contributed by atoms with van der Waals surface area (Å²) in [5.74, 6) is 0. The van der Waals surface area contributed by atoms with E-state index in [0.29, 0.717) is 25.9 Å². The molecule has 1 heterocycles. The van der Waals surface area contributed by atoms with Gasteiger partial charge in [0.25, 0.3) is 0 Å². The lowest BCUT2D eigenvalue weighted by Gasteiger charge is -2.56. The lowest BCUT2D eigenvalue weighted by molar-refractivity contribution is -0.102. The van der Waals surface area contributed by atoms with Crippen LogP contribution < -0.4 is 0 Å². The summed E-state index contributed by atoms with van der Waals surface area (Å²) in [6, 6.07) is 0. The zero-order valence-electron chi connectivity index (χ0n) is 9.55. The highest BCUT2D eigenvalue weighted by Gasteiger charge is 2.54. The van der Waals surface area contributed by atoms with Crippen LogP contribution in [0.2, 0.25) is 0 Å². The fourth-order valence-corrected chi connectivity index (χ4v) is 2.36. The summed E-state index contributed by atoms with van der Waals surface area (Å²) in [6.45, 7) is 6.88. The number of hydrogen-bond acceptors (Lipinski definition) is 2. The minimum absolute atomic E-state index is 0.0936. The van der Waals surface area contributed by atoms with Gasteiger partial charge < -0.3 is 9.64 Å². The number of rotatable bonds is 0. The monoisotopic (exact) mass is 215 g/mol. The molecule has 4 heteroatoms. The van der Waals surface area contributed by atoms with Gasteiger partial charge in [0.05, 0.1) is 0 Å². The van der Waals surface area contributed by atoms with Gasteiger partial charge in [0.2, 0.25) is 0 Å². The molecule has 0 bridgehead atoms. The van der Waals surface area contributed by atoms with E-state index in [1.54, 1.807) is 4.90 Å². The lowest BCUT2D eigenvalue weighted by Crippen LogP contribution is -2.64. The number of likely N-dealkylation sites (tertiary alicyclic amines) is 1. The van der Waals surface area contributed by atoms with E-state index in [1.165, 1.54) is 0 Å². The number of carbonyl (C=O) groups excluding carboxylic acids is 1. The lowest BCUT2D eigenvalue weighted by atomic mass is 9.62. The van der Waals surface area contributed by atoms with E-state index < -0.39 is 11.8 Å². The van der Waals surface area contributed by atoms with Crippen molar-refractivity contribution in [3.8, 4) is 0 Å². The van der Waals surface area contributed by atoms with Crippen molar-refractivity contribution in [2.45, 2.75) is 45.4 Å². The van der Waals surface area contributed by atoms with Crippen molar-refractivity contribution in [2.75, 3.05) is 13.1 Å². The number of nitrogens with zero attached hydrogens (tertiary/aromatic N) is 1. The maximum absolute atomic E-state index is 12.7. The minimum Gasteiger partial charge on any atom is -0.444 e. The number of alkyl halides is 1. The van der Waals surface area contributed by atoms with Gasteiger partial charge in [-0.2, -0.15) is 0 Å². The Hall–Kier alpha value is -0.800. The normalized spacial score (nSPS) is 24.7. The smallest absolute Gasteiger partial charge is 0.410 e. The number of amides is 1. The van der Waals surface area contributed by atoms with Crippen molar-refractivity contribution in [2.24, 2.45) is 5.41 Å². The van der Waals surface area contributed by atoms with Gasteiger partial charge in [-0.3, -0.25) is 0 Å². The first-order chi connectivity index (χ1) is 6.80. The minimum atomic E-state index is -0.647. The number of carbonyl (C=O) groups is 1. The van der Waals surface area contributed by atoms with Gasteiger partial charge in [-0.15, -0.1) is 0 Å². The van der Waals surface area contributed by atoms with Crippen molar-refractivity contribution in [1.29, 1.82) is 0 Å². The summed E-state index contributed by atoms with van der Waals surface area (Å²) in [6.07, 6.45) is 0.319. The fourth-order valence-electron chi connectivity index (χ4n) is 2.36. The second kappa shape index (κ2) is 3.09. The summed E-state index contributed by atoms with van der Waals surface area (Å²) in [5, 5.41) is 0. The highest BCUT2D eigenvalue weighted by molar-refractivity contribution is 5.69. The Morgan fingerprint density at radius 3 is 2.33 bits per heavy atom. The third-order valence-corrected chi connectivity index (χ3v) is 3.01. The molecule has 0 unspecified atom stereocenters. The molecule has 1 saturated heterocycles. The van der Waals surface area contributed by atoms with Crippen LogP contribution >= 0.6 is 0 Å². The van der Waals surface area contributed by atoms with Gasteiger partial charge >= 0.3 is 6.09 Å². The zero-order chi connectivity index (χ0) is 11.3. The van der Waals surface area contributed by atoms with E-state index in [0.717, 1.165) is 0 Å². The molecule has 1 amide bonds. The molecule has 0 aromatic carbocycles. The molecule has 2 fully saturated rings. The molecule has 1 aliphatic heterocycles. The predicted molar refractivity (Wildman–Crippen MR) is 54.4 cm³/mol. The fraction of sp³-hybridized carbons (Fsp3) is 0.909. The number of ether oxygens (including phenoxy) is 1. The van der Waals surface area contributed by atoms with Crippen LogP contribution in [0.15, 0.2) is 0 Å². The van der Waals surface area contributed by atoms with E-state index in [-0.39, 0.29) is 11.5 Å². The van der Waals surface area contributed by atoms with E-state index in [1.807, 2.05) is 20.8 Å². The van der Waals surface area contributed by atoms with E-state index >= 15 is 0 Å². The third-order valence-electron chi connectivity index (χ3n) is 3.01. The summed E-state index contributed by atoms with van der Waals surface area (Å²) in [5.41, 5.74) is -0.349. The number of halogens is 1. The summed E-state index contributed by atoms with van der Waals surface area (Å²) in [7, 11) is 0. The van der Waals surface area contributed by atoms with Gasteiger partial charge in [-0.1, -0.05) is 0 Å². The van der Waals surface area contributed by atoms with E-state index in [2.05, 4.69) is 0 Å². The first-order valence-corrected chi connectivity index (χ1v) is 5.42. The summed E-state index contributed by atoms with van der Waals surface area (Å²) in [4.78, 5) is 13.2. The van der Waals surface area contributed by atoms with Crippen LogP contribution in [-0.2, 0) is 4.74 Å². The Labute approximate surface area is 89.6 Å². The second-order valence-corrected chi connectivity index (χ2v) is 5.84. The maximum atomic E-state index is 12.7. The largest absolute Gasteiger partial charge is 0.444 e. The number of hydrogen-bond donors (Lipinski definition) is 0. The van der Waals surface area contributed by atoms with Crippen molar-refractivity contribution < 1.29 is 13.9 Å². The van der Waals surface area contributed by atoms with Crippen LogP contribution in [0, 0.1) is 5.41 Å². The highest BCUT2D eigenvalue weighted by atomic mass is 19.1. The third kappa shape index (κ3) is 2.08. The van der Waals surface area contributed by atoms with Crippen molar-refractivity contribution in [1.82, 2.24) is 4.90 Å². The van der Waals surface area contributed by atoms with Gasteiger partial charge in [-0.25, -0.2) is 9.18 Å². The molecule has 1 aliphatic carbocycles. The Balaban J connectivity index is 1.77. The molecule has 86 valence electrons. The van der Waals surface area contributed by atoms with Crippen LogP contribution in [0.5, 0.6) is 0 Å². The Bertz CT molecular complexity index is 271. The van der Waals surface area contributed by atoms with Crippen LogP contribution in [0.25, 0.3) is 0 Å². The van der Waals surface area contributed by atoms with Crippen LogP contribution in [-0.4, -0.2) is 35.9 Å². The van der Waals surface area contributed by atoms with Gasteiger partial charge in [0.1, 0.15) is 11.8 Å². The maximum Gasteiger partial charge on any atom is 0.410 e. The Kier molecular flexibility index (Phi) is 2.21. The zero-order valence-corrected chi connectivity index (χ0v) is 9.55. The molecule has 0 radical (unpaired) electrons. The average Bonchev–Trinajstić information content (AvgIpc) is 1.89. The van der Waals surface area contributed by atoms with Crippen molar-refractivity contribution in [3.05, 3.63) is 0 Å². The molecule has 2 rings (SSSR count). The van der Waals surface area contributed by atoms with Gasteiger partial charge in [-0.05, 0) is 33.6 Å². The topological polar surface area (TPSA) is 29.5 Å². The first-order valence-electron chi connectivity index (χ1n) is 5.42. The Morgan fingerprint density at radius 2 is 1.93 bits per heavy atom. The van der Waals surface area contributed by atoms with Crippen molar-refractivity contribution >= 4 is 6.09 Å². The SMILES string of the molecule is CC(C)(C)OC(=O)N1CC2(CC(F)C2)C1. The van der Waals surface area contributed by atoms with E-state index in [4.69, 9.17) is 4.74 Å². The molecule has 0 atom stereocenters. The van der Waals surface area contributed by atoms with Crippen LogP contribution in [0.4, 0.5) is 9.18 Å². The molecule has 0 N–H and O–H groups in total. The van der Waals surface area contributed by atoms with Gasteiger partial charge in [0, 0.05) is 18.5 Å². The molecule has 0 aromatic heterocycles. The molecule has 1 spiro atoms. The van der Waals surface area contributed by atoms with Crippen LogP contribution in [0.3, 0.4) is 0 Å². The molecule has 1 saturated carbocycles. The molecular weight excluding hydrogens is 197 g/mol.